The molecule has 0 atom stereocenters. The number of nitrogens with one attached hydrogen (secondary N) is 1. The van der Waals surface area contributed by atoms with Gasteiger partial charge in [0.25, 0.3) is 0 Å². The van der Waals surface area contributed by atoms with Gasteiger partial charge in [-0.25, -0.2) is 0 Å². The molecule has 142 valence electrons. The maximum atomic E-state index is 8.82. The predicted octanol–water partition coefficient (Wildman–Crippen LogP) is 3.25. The number of nitrogens with zero attached hydrogens (tertiary/aromatic N) is 3. The van der Waals surface area contributed by atoms with Gasteiger partial charge in [-0.2, -0.15) is 5.26 Å². The van der Waals surface area contributed by atoms with E-state index >= 15 is 0 Å². The predicted molar refractivity (Wildman–Crippen MR) is 110 cm³/mol. The number of unbranched alkanes of at least 4 members (excludes halogenated alkanes) is 1. The second-order valence-corrected chi connectivity index (χ2v) is 7.30. The van der Waals surface area contributed by atoms with Crippen LogP contribution in [-0.4, -0.2) is 49.1 Å². The van der Waals surface area contributed by atoms with Crippen LogP contribution in [0.5, 0.6) is 0 Å². The highest BCUT2D eigenvalue weighted by Crippen LogP contribution is 2.09. The number of benzene rings is 2. The Bertz CT molecular complexity index is 697. The molecule has 1 aliphatic rings. The van der Waals surface area contributed by atoms with Crippen molar-refractivity contribution in [2.24, 2.45) is 0 Å². The molecule has 2 aromatic carbocycles. The molecule has 4 heteroatoms. The highest BCUT2D eigenvalue weighted by Gasteiger charge is 2.16. The Hall–Kier alpha value is -2.19. The van der Waals surface area contributed by atoms with Crippen LogP contribution in [0.25, 0.3) is 0 Å². The summed E-state index contributed by atoms with van der Waals surface area (Å²) in [6.07, 6.45) is 2.46. The van der Waals surface area contributed by atoms with E-state index in [-0.39, 0.29) is 0 Å². The van der Waals surface area contributed by atoms with Gasteiger partial charge >= 0.3 is 0 Å². The van der Waals surface area contributed by atoms with Crippen LogP contribution in [0.15, 0.2) is 54.6 Å². The van der Waals surface area contributed by atoms with Crippen molar-refractivity contribution in [2.75, 3.05) is 39.3 Å². The molecule has 3 rings (SSSR count). The largest absolute Gasteiger partial charge is 0.313 e. The molecule has 0 unspecified atom stereocenters. The molecule has 1 heterocycles. The van der Waals surface area contributed by atoms with Crippen molar-refractivity contribution in [1.29, 1.82) is 5.26 Å². The molecule has 0 bridgehead atoms. The molecule has 0 spiro atoms. The van der Waals surface area contributed by atoms with Gasteiger partial charge in [0.05, 0.1) is 11.6 Å². The van der Waals surface area contributed by atoms with Crippen LogP contribution in [0.4, 0.5) is 0 Å². The van der Waals surface area contributed by atoms with Crippen LogP contribution in [-0.2, 0) is 13.1 Å². The van der Waals surface area contributed by atoms with Crippen LogP contribution >= 0.6 is 0 Å². The molecule has 0 amide bonds. The minimum absolute atomic E-state index is 0.725. The molecule has 1 fully saturated rings. The van der Waals surface area contributed by atoms with Crippen molar-refractivity contribution >= 4 is 0 Å². The lowest BCUT2D eigenvalue weighted by Gasteiger charge is -2.34. The topological polar surface area (TPSA) is 42.3 Å². The highest BCUT2D eigenvalue weighted by atomic mass is 15.3. The average molecular weight is 363 g/mol. The molecule has 0 aromatic heterocycles. The van der Waals surface area contributed by atoms with E-state index in [0.717, 1.165) is 25.2 Å². The van der Waals surface area contributed by atoms with E-state index in [1.807, 2.05) is 24.3 Å². The molecule has 0 aliphatic carbocycles. The minimum atomic E-state index is 0.725. The maximum Gasteiger partial charge on any atom is 0.0991 e. The fourth-order valence-electron chi connectivity index (χ4n) is 3.53. The summed E-state index contributed by atoms with van der Waals surface area (Å²) in [6, 6.07) is 20.8. The Morgan fingerprint density at radius 3 is 2.22 bits per heavy atom. The summed E-state index contributed by atoms with van der Waals surface area (Å²) in [6.45, 7) is 8.93. The van der Waals surface area contributed by atoms with Gasteiger partial charge in [0, 0.05) is 39.3 Å². The first-order valence-electron chi connectivity index (χ1n) is 10.0. The smallest absolute Gasteiger partial charge is 0.0991 e. The SMILES string of the molecule is N#Cc1ccc(CNCCCCN2CCN(Cc3ccccc3)CC2)cc1. The summed E-state index contributed by atoms with van der Waals surface area (Å²) in [5.74, 6) is 0. The third-order valence-electron chi connectivity index (χ3n) is 5.20. The number of hydrogen-bond acceptors (Lipinski definition) is 4. The van der Waals surface area contributed by atoms with E-state index in [4.69, 9.17) is 5.26 Å². The van der Waals surface area contributed by atoms with Gasteiger partial charge in [-0.05, 0) is 49.2 Å². The van der Waals surface area contributed by atoms with Gasteiger partial charge in [-0.3, -0.25) is 4.90 Å². The number of nitriles is 1. The first-order valence-corrected chi connectivity index (χ1v) is 10.0. The Morgan fingerprint density at radius 2 is 1.52 bits per heavy atom. The van der Waals surface area contributed by atoms with Gasteiger partial charge in [0.1, 0.15) is 0 Å². The summed E-state index contributed by atoms with van der Waals surface area (Å²) >= 11 is 0. The Morgan fingerprint density at radius 1 is 0.815 bits per heavy atom. The lowest BCUT2D eigenvalue weighted by molar-refractivity contribution is 0.125. The van der Waals surface area contributed by atoms with Crippen LogP contribution in [0, 0.1) is 11.3 Å². The molecule has 2 aromatic rings. The second-order valence-electron chi connectivity index (χ2n) is 7.30. The fourth-order valence-corrected chi connectivity index (χ4v) is 3.53. The zero-order valence-electron chi connectivity index (χ0n) is 16.1. The normalized spacial score (nSPS) is 15.5. The molecule has 4 nitrogen and oxygen atoms in total. The summed E-state index contributed by atoms with van der Waals surface area (Å²) in [4.78, 5) is 5.16. The van der Waals surface area contributed by atoms with Gasteiger partial charge < -0.3 is 10.2 Å². The van der Waals surface area contributed by atoms with Crippen LogP contribution < -0.4 is 5.32 Å². The van der Waals surface area contributed by atoms with E-state index in [0.29, 0.717) is 0 Å². The van der Waals surface area contributed by atoms with E-state index in [1.165, 1.54) is 56.7 Å². The van der Waals surface area contributed by atoms with Crippen molar-refractivity contribution in [3.05, 3.63) is 71.3 Å². The summed E-state index contributed by atoms with van der Waals surface area (Å²) in [7, 11) is 0. The van der Waals surface area contributed by atoms with E-state index in [1.54, 1.807) is 0 Å². The quantitative estimate of drug-likeness (QED) is 0.696. The number of hydrogen-bond donors (Lipinski definition) is 1. The van der Waals surface area contributed by atoms with Gasteiger partial charge in [0.15, 0.2) is 0 Å². The van der Waals surface area contributed by atoms with Crippen molar-refractivity contribution < 1.29 is 0 Å². The first kappa shape index (κ1) is 19.6. The van der Waals surface area contributed by atoms with Crippen LogP contribution in [0.1, 0.15) is 29.5 Å². The molecule has 0 radical (unpaired) electrons. The fraction of sp³-hybridized carbons (Fsp3) is 0.435. The van der Waals surface area contributed by atoms with Crippen molar-refractivity contribution in [2.45, 2.75) is 25.9 Å². The molecule has 1 saturated heterocycles. The van der Waals surface area contributed by atoms with Gasteiger partial charge in [0.2, 0.25) is 0 Å². The van der Waals surface area contributed by atoms with Crippen LogP contribution in [0.2, 0.25) is 0 Å². The third kappa shape index (κ3) is 6.80. The van der Waals surface area contributed by atoms with Crippen molar-refractivity contribution in [1.82, 2.24) is 15.1 Å². The standard InChI is InChI=1S/C23H30N4/c24-18-21-8-10-22(11-9-21)19-25-12-4-5-13-26-14-16-27(17-15-26)20-23-6-2-1-3-7-23/h1-3,6-11,25H,4-5,12-17,19-20H2. The molecule has 1 aliphatic heterocycles. The zero-order chi connectivity index (χ0) is 18.7. The molecule has 27 heavy (non-hydrogen) atoms. The van der Waals surface area contributed by atoms with E-state index in [2.05, 4.69) is 51.5 Å². The van der Waals surface area contributed by atoms with Crippen LogP contribution in [0.3, 0.4) is 0 Å². The third-order valence-corrected chi connectivity index (χ3v) is 5.20. The molecule has 0 saturated carbocycles. The lowest BCUT2D eigenvalue weighted by Crippen LogP contribution is -2.46. The monoisotopic (exact) mass is 362 g/mol. The minimum Gasteiger partial charge on any atom is -0.313 e. The van der Waals surface area contributed by atoms with E-state index < -0.39 is 0 Å². The van der Waals surface area contributed by atoms with Gasteiger partial charge in [-0.15, -0.1) is 0 Å². The lowest BCUT2D eigenvalue weighted by atomic mass is 10.1. The average Bonchev–Trinajstić information content (AvgIpc) is 2.73. The molecular weight excluding hydrogens is 332 g/mol. The number of rotatable bonds is 9. The second kappa shape index (κ2) is 10.8. The Balaban J connectivity index is 1.22. The number of piperazine rings is 1. The Labute approximate surface area is 163 Å². The first-order chi connectivity index (χ1) is 13.3. The summed E-state index contributed by atoms with van der Waals surface area (Å²) in [5.41, 5.74) is 3.38. The molecule has 1 N–H and O–H groups in total. The van der Waals surface area contributed by atoms with Crippen molar-refractivity contribution in [3.63, 3.8) is 0 Å². The van der Waals surface area contributed by atoms with Crippen molar-refractivity contribution in [3.8, 4) is 6.07 Å². The highest BCUT2D eigenvalue weighted by molar-refractivity contribution is 5.31. The van der Waals surface area contributed by atoms with Gasteiger partial charge in [-0.1, -0.05) is 42.5 Å². The summed E-state index contributed by atoms with van der Waals surface area (Å²) < 4.78 is 0. The van der Waals surface area contributed by atoms with E-state index in [9.17, 15) is 0 Å². The maximum absolute atomic E-state index is 8.82. The Kier molecular flexibility index (Phi) is 7.85. The summed E-state index contributed by atoms with van der Waals surface area (Å²) in [5, 5.41) is 12.3. The molecular formula is C23H30N4. The zero-order valence-corrected chi connectivity index (χ0v) is 16.1.